The summed E-state index contributed by atoms with van der Waals surface area (Å²) < 4.78 is 5.79. The highest BCUT2D eigenvalue weighted by Gasteiger charge is 2.50. The Morgan fingerprint density at radius 1 is 1.17 bits per heavy atom. The normalized spacial score (nSPS) is 16.7. The highest BCUT2D eigenvalue weighted by atomic mass is 16.4. The minimum atomic E-state index is -0.0186. The second kappa shape index (κ2) is 4.53. The summed E-state index contributed by atoms with van der Waals surface area (Å²) in [6, 6.07) is 10.4. The van der Waals surface area contributed by atoms with Crippen molar-refractivity contribution in [2.24, 2.45) is 5.73 Å². The molecule has 1 aromatic carbocycles. The first-order chi connectivity index (χ1) is 8.85. The van der Waals surface area contributed by atoms with Gasteiger partial charge in [0.1, 0.15) is 0 Å². The largest absolute Gasteiger partial charge is 0.424 e. The molecule has 0 atom stereocenters. The summed E-state index contributed by atoms with van der Waals surface area (Å²) >= 11 is 0. The number of aromatic nitrogens is 2. The third-order valence-electron chi connectivity index (χ3n) is 3.55. The van der Waals surface area contributed by atoms with Crippen LogP contribution >= 0.6 is 0 Å². The summed E-state index contributed by atoms with van der Waals surface area (Å²) in [7, 11) is 0. The van der Waals surface area contributed by atoms with Crippen LogP contribution in [0.2, 0.25) is 0 Å². The van der Waals surface area contributed by atoms with Gasteiger partial charge in [-0.1, -0.05) is 30.3 Å². The molecule has 1 fully saturated rings. The quantitative estimate of drug-likeness (QED) is 0.872. The molecule has 0 aliphatic heterocycles. The van der Waals surface area contributed by atoms with E-state index in [0.717, 1.165) is 31.6 Å². The van der Waals surface area contributed by atoms with Gasteiger partial charge >= 0.3 is 0 Å². The monoisotopic (exact) mass is 243 g/mol. The van der Waals surface area contributed by atoms with Crippen LogP contribution in [0.5, 0.6) is 0 Å². The molecule has 1 heterocycles. The van der Waals surface area contributed by atoms with Gasteiger partial charge in [0.15, 0.2) is 0 Å². The van der Waals surface area contributed by atoms with Crippen LogP contribution in [0.3, 0.4) is 0 Å². The molecule has 3 rings (SSSR count). The van der Waals surface area contributed by atoms with Crippen molar-refractivity contribution < 1.29 is 4.42 Å². The van der Waals surface area contributed by atoms with Gasteiger partial charge in [-0.3, -0.25) is 0 Å². The SMILES string of the molecule is NCCCc1nnc(C2(c3ccccc3)CC2)o1. The lowest BCUT2D eigenvalue weighted by Gasteiger charge is -2.10. The van der Waals surface area contributed by atoms with Crippen LogP contribution in [0.15, 0.2) is 34.7 Å². The van der Waals surface area contributed by atoms with E-state index in [9.17, 15) is 0 Å². The Morgan fingerprint density at radius 3 is 2.61 bits per heavy atom. The standard InChI is InChI=1S/C14H17N3O/c15-10-4-7-12-16-17-13(18-12)14(8-9-14)11-5-2-1-3-6-11/h1-3,5-6H,4,7-10,15H2. The van der Waals surface area contributed by atoms with E-state index in [2.05, 4.69) is 34.5 Å². The zero-order valence-electron chi connectivity index (χ0n) is 10.3. The van der Waals surface area contributed by atoms with Gasteiger partial charge in [0.05, 0.1) is 5.41 Å². The third-order valence-corrected chi connectivity index (χ3v) is 3.55. The van der Waals surface area contributed by atoms with Crippen LogP contribution < -0.4 is 5.73 Å². The van der Waals surface area contributed by atoms with E-state index in [1.807, 2.05) is 6.07 Å². The maximum Gasteiger partial charge on any atom is 0.227 e. The van der Waals surface area contributed by atoms with E-state index >= 15 is 0 Å². The lowest BCUT2D eigenvalue weighted by molar-refractivity contribution is 0.422. The Morgan fingerprint density at radius 2 is 1.94 bits per heavy atom. The van der Waals surface area contributed by atoms with Gasteiger partial charge in [-0.2, -0.15) is 0 Å². The van der Waals surface area contributed by atoms with Crippen molar-refractivity contribution in [1.29, 1.82) is 0 Å². The van der Waals surface area contributed by atoms with Crippen molar-refractivity contribution in [3.8, 4) is 0 Å². The maximum absolute atomic E-state index is 5.79. The number of nitrogens with zero attached hydrogens (tertiary/aromatic N) is 2. The molecule has 4 nitrogen and oxygen atoms in total. The molecule has 18 heavy (non-hydrogen) atoms. The Bertz CT molecular complexity index is 517. The van der Waals surface area contributed by atoms with E-state index in [-0.39, 0.29) is 5.41 Å². The van der Waals surface area contributed by atoms with Gasteiger partial charge in [0.2, 0.25) is 11.8 Å². The van der Waals surface area contributed by atoms with Crippen molar-refractivity contribution in [3.05, 3.63) is 47.7 Å². The van der Waals surface area contributed by atoms with Gasteiger partial charge < -0.3 is 10.2 Å². The molecule has 2 N–H and O–H groups in total. The van der Waals surface area contributed by atoms with Crippen molar-refractivity contribution in [2.45, 2.75) is 31.1 Å². The molecule has 1 aliphatic carbocycles. The summed E-state index contributed by atoms with van der Waals surface area (Å²) in [4.78, 5) is 0. The zero-order chi connectivity index (χ0) is 12.4. The van der Waals surface area contributed by atoms with Crippen LogP contribution in [0.1, 0.15) is 36.6 Å². The summed E-state index contributed by atoms with van der Waals surface area (Å²) in [5.74, 6) is 1.47. The molecule has 0 saturated heterocycles. The molecule has 0 unspecified atom stereocenters. The molecule has 4 heteroatoms. The lowest BCUT2D eigenvalue weighted by Crippen LogP contribution is -2.08. The molecule has 1 aromatic heterocycles. The number of nitrogens with two attached hydrogens (primary N) is 1. The molecular weight excluding hydrogens is 226 g/mol. The van der Waals surface area contributed by atoms with Gasteiger partial charge in [0, 0.05) is 6.42 Å². The number of aryl methyl sites for hydroxylation is 1. The molecule has 1 aliphatic rings. The maximum atomic E-state index is 5.79. The lowest BCUT2D eigenvalue weighted by atomic mass is 9.96. The highest BCUT2D eigenvalue weighted by Crippen LogP contribution is 2.52. The van der Waals surface area contributed by atoms with Crippen LogP contribution in [0.25, 0.3) is 0 Å². The zero-order valence-corrected chi connectivity index (χ0v) is 10.3. The van der Waals surface area contributed by atoms with Crippen LogP contribution in [-0.4, -0.2) is 16.7 Å². The van der Waals surface area contributed by atoms with Gasteiger partial charge in [-0.15, -0.1) is 10.2 Å². The van der Waals surface area contributed by atoms with Crippen molar-refractivity contribution in [2.75, 3.05) is 6.54 Å². The van der Waals surface area contributed by atoms with Crippen LogP contribution in [0.4, 0.5) is 0 Å². The topological polar surface area (TPSA) is 64.9 Å². The molecule has 0 amide bonds. The third kappa shape index (κ3) is 1.93. The Balaban J connectivity index is 1.84. The van der Waals surface area contributed by atoms with E-state index in [1.165, 1.54) is 5.56 Å². The number of benzene rings is 1. The Labute approximate surface area is 106 Å². The Hall–Kier alpha value is -1.68. The minimum absolute atomic E-state index is 0.0186. The van der Waals surface area contributed by atoms with Crippen molar-refractivity contribution in [3.63, 3.8) is 0 Å². The molecule has 0 spiro atoms. The smallest absolute Gasteiger partial charge is 0.227 e. The van der Waals surface area contributed by atoms with Crippen LogP contribution in [0, 0.1) is 0 Å². The van der Waals surface area contributed by atoms with Crippen molar-refractivity contribution in [1.82, 2.24) is 10.2 Å². The second-order valence-corrected chi connectivity index (χ2v) is 4.84. The fraction of sp³-hybridized carbons (Fsp3) is 0.429. The number of hydrogen-bond acceptors (Lipinski definition) is 4. The van der Waals surface area contributed by atoms with Gasteiger partial charge in [0.25, 0.3) is 0 Å². The first-order valence-corrected chi connectivity index (χ1v) is 6.44. The summed E-state index contributed by atoms with van der Waals surface area (Å²) in [6.45, 7) is 0.654. The van der Waals surface area contributed by atoms with E-state index in [1.54, 1.807) is 0 Å². The fourth-order valence-electron chi connectivity index (χ4n) is 2.31. The molecule has 2 aromatic rings. The minimum Gasteiger partial charge on any atom is -0.424 e. The number of rotatable bonds is 5. The average molecular weight is 243 g/mol. The second-order valence-electron chi connectivity index (χ2n) is 4.84. The first kappa shape index (κ1) is 11.4. The van der Waals surface area contributed by atoms with Crippen LogP contribution in [-0.2, 0) is 11.8 Å². The summed E-state index contributed by atoms with van der Waals surface area (Å²) in [6.07, 6.45) is 3.85. The molecule has 1 saturated carbocycles. The predicted molar refractivity (Wildman–Crippen MR) is 68.1 cm³/mol. The molecule has 0 bridgehead atoms. The molecule has 94 valence electrons. The van der Waals surface area contributed by atoms with Crippen molar-refractivity contribution >= 4 is 0 Å². The summed E-state index contributed by atoms with van der Waals surface area (Å²) in [5, 5.41) is 8.34. The first-order valence-electron chi connectivity index (χ1n) is 6.44. The summed E-state index contributed by atoms with van der Waals surface area (Å²) in [5.41, 5.74) is 6.74. The molecular formula is C14H17N3O. The van der Waals surface area contributed by atoms with E-state index in [4.69, 9.17) is 10.2 Å². The van der Waals surface area contributed by atoms with Gasteiger partial charge in [-0.25, -0.2) is 0 Å². The number of hydrogen-bond donors (Lipinski definition) is 1. The van der Waals surface area contributed by atoms with E-state index in [0.29, 0.717) is 12.4 Å². The van der Waals surface area contributed by atoms with E-state index < -0.39 is 0 Å². The Kier molecular flexibility index (Phi) is 2.88. The highest BCUT2D eigenvalue weighted by molar-refractivity contribution is 5.37. The molecule has 0 radical (unpaired) electrons. The fourth-order valence-corrected chi connectivity index (χ4v) is 2.31. The van der Waals surface area contributed by atoms with Gasteiger partial charge in [-0.05, 0) is 31.4 Å². The average Bonchev–Trinajstić information content (AvgIpc) is 3.10. The predicted octanol–water partition coefficient (Wildman–Crippen LogP) is 2.04.